The molecule has 0 aliphatic carbocycles. The van der Waals surface area contributed by atoms with E-state index in [1.807, 2.05) is 36.4 Å². The van der Waals surface area contributed by atoms with Gasteiger partial charge in [0.25, 0.3) is 5.91 Å². The van der Waals surface area contributed by atoms with Gasteiger partial charge in [0.1, 0.15) is 17.9 Å². The van der Waals surface area contributed by atoms with Crippen molar-refractivity contribution in [3.63, 3.8) is 0 Å². The third-order valence-corrected chi connectivity index (χ3v) is 7.86. The van der Waals surface area contributed by atoms with Gasteiger partial charge in [-0.2, -0.15) is 0 Å². The molecule has 2 N–H and O–H groups in total. The normalized spacial score (nSPS) is 15.7. The van der Waals surface area contributed by atoms with E-state index >= 15 is 0 Å². The van der Waals surface area contributed by atoms with E-state index in [-0.39, 0.29) is 5.91 Å². The highest BCUT2D eigenvalue weighted by atomic mass is 35.5. The summed E-state index contributed by atoms with van der Waals surface area (Å²) in [6, 6.07) is 43.1. The number of benzene rings is 5. The fourth-order valence-electron chi connectivity index (χ4n) is 5.81. The Balaban J connectivity index is 1.36. The predicted molar refractivity (Wildman–Crippen MR) is 161 cm³/mol. The number of fused-ring (bicyclic) bond motifs is 2. The van der Waals surface area contributed by atoms with Gasteiger partial charge >= 0.3 is 0 Å². The van der Waals surface area contributed by atoms with Gasteiger partial charge in [0, 0.05) is 33.1 Å². The minimum atomic E-state index is -0.639. The fourth-order valence-corrected chi connectivity index (χ4v) is 5.98. The molecule has 5 aromatic carbocycles. The predicted octanol–water partition coefficient (Wildman–Crippen LogP) is 8.09. The number of hydrogen-bond acceptors (Lipinski definition) is 3. The van der Waals surface area contributed by atoms with E-state index < -0.39 is 5.54 Å². The summed E-state index contributed by atoms with van der Waals surface area (Å²) < 4.78 is 6.16. The second-order valence-electron chi connectivity index (χ2n) is 9.98. The number of halogens is 1. The standard InChI is InChI=1S/C35H25ClN2O2/c36-27-16-19-31-30(21-27)32(34(39)37-31)33-29-18-17-28(20-23(29)22-40-33)38-35(24-10-4-1-5-11-24,25-12-6-2-7-13-25)26-14-8-3-9-15-26/h1-21,38H,22H2,(H,37,39)/b33-32+. The molecule has 2 heterocycles. The van der Waals surface area contributed by atoms with Gasteiger partial charge in [0.05, 0.1) is 5.57 Å². The quantitative estimate of drug-likeness (QED) is 0.175. The third-order valence-electron chi connectivity index (χ3n) is 7.63. The Morgan fingerprint density at radius 2 is 1.30 bits per heavy atom. The van der Waals surface area contributed by atoms with Crippen LogP contribution in [0, 0.1) is 0 Å². The summed E-state index contributed by atoms with van der Waals surface area (Å²) >= 11 is 6.27. The molecule has 2 aliphatic heterocycles. The van der Waals surface area contributed by atoms with Crippen LogP contribution < -0.4 is 10.6 Å². The molecule has 0 bridgehead atoms. The zero-order valence-corrected chi connectivity index (χ0v) is 22.3. The Morgan fingerprint density at radius 1 is 0.700 bits per heavy atom. The molecule has 0 unspecified atom stereocenters. The van der Waals surface area contributed by atoms with Crippen LogP contribution in [0.15, 0.2) is 127 Å². The van der Waals surface area contributed by atoms with Crippen LogP contribution in [-0.4, -0.2) is 5.91 Å². The lowest BCUT2D eigenvalue weighted by Gasteiger charge is -2.38. The van der Waals surface area contributed by atoms with Crippen molar-refractivity contribution in [2.24, 2.45) is 0 Å². The van der Waals surface area contributed by atoms with Gasteiger partial charge in [-0.1, -0.05) is 103 Å². The van der Waals surface area contributed by atoms with Crippen LogP contribution in [-0.2, 0) is 21.7 Å². The number of ether oxygens (including phenoxy) is 1. The average molecular weight is 541 g/mol. The molecule has 40 heavy (non-hydrogen) atoms. The molecule has 5 aromatic rings. The number of nitrogens with one attached hydrogen (secondary N) is 2. The number of carbonyl (C=O) groups is 1. The highest BCUT2D eigenvalue weighted by molar-refractivity contribution is 6.38. The van der Waals surface area contributed by atoms with E-state index in [1.54, 1.807) is 6.07 Å². The minimum Gasteiger partial charge on any atom is -0.487 e. The van der Waals surface area contributed by atoms with Gasteiger partial charge in [-0.3, -0.25) is 4.79 Å². The molecule has 5 heteroatoms. The maximum atomic E-state index is 13.0. The molecule has 0 saturated heterocycles. The lowest BCUT2D eigenvalue weighted by Crippen LogP contribution is -2.38. The van der Waals surface area contributed by atoms with Gasteiger partial charge in [0.15, 0.2) is 0 Å². The van der Waals surface area contributed by atoms with Crippen molar-refractivity contribution in [1.82, 2.24) is 0 Å². The molecule has 0 saturated carbocycles. The van der Waals surface area contributed by atoms with Crippen LogP contribution in [0.2, 0.25) is 5.02 Å². The largest absolute Gasteiger partial charge is 0.487 e. The molecular weight excluding hydrogens is 516 g/mol. The summed E-state index contributed by atoms with van der Waals surface area (Å²) in [6.45, 7) is 0.377. The maximum absolute atomic E-state index is 13.0. The highest BCUT2D eigenvalue weighted by Gasteiger charge is 2.37. The van der Waals surface area contributed by atoms with E-state index in [4.69, 9.17) is 16.3 Å². The van der Waals surface area contributed by atoms with Crippen molar-refractivity contribution in [3.05, 3.63) is 166 Å². The summed E-state index contributed by atoms with van der Waals surface area (Å²) in [4.78, 5) is 13.0. The number of hydrogen-bond donors (Lipinski definition) is 2. The number of rotatable bonds is 5. The highest BCUT2D eigenvalue weighted by Crippen LogP contribution is 2.44. The lowest BCUT2D eigenvalue weighted by atomic mass is 9.76. The summed E-state index contributed by atoms with van der Waals surface area (Å²) in [5, 5.41) is 7.42. The van der Waals surface area contributed by atoms with E-state index in [1.165, 1.54) is 0 Å². The van der Waals surface area contributed by atoms with E-state index in [0.29, 0.717) is 23.0 Å². The van der Waals surface area contributed by atoms with Gasteiger partial charge in [-0.25, -0.2) is 0 Å². The molecule has 1 amide bonds. The smallest absolute Gasteiger partial charge is 0.260 e. The van der Waals surface area contributed by atoms with Crippen LogP contribution in [0.5, 0.6) is 0 Å². The first-order chi connectivity index (χ1) is 19.6. The summed E-state index contributed by atoms with van der Waals surface area (Å²) in [6.07, 6.45) is 0. The summed E-state index contributed by atoms with van der Waals surface area (Å²) in [5.74, 6) is 0.402. The first-order valence-corrected chi connectivity index (χ1v) is 13.6. The molecule has 0 radical (unpaired) electrons. The SMILES string of the molecule is O=C1Nc2ccc(Cl)cc2/C1=C1\OCc2cc(NC(c3ccccc3)(c3ccccc3)c3ccccc3)ccc21. The van der Waals surface area contributed by atoms with Crippen LogP contribution in [0.25, 0.3) is 11.3 Å². The molecule has 0 aromatic heterocycles. The van der Waals surface area contributed by atoms with Crippen molar-refractivity contribution in [2.45, 2.75) is 12.1 Å². The zero-order valence-electron chi connectivity index (χ0n) is 21.5. The summed E-state index contributed by atoms with van der Waals surface area (Å²) in [5.41, 5.74) is 7.64. The second kappa shape index (κ2) is 9.74. The molecular formula is C35H25ClN2O2. The Morgan fingerprint density at radius 3 is 1.90 bits per heavy atom. The number of amides is 1. The van der Waals surface area contributed by atoms with Crippen molar-refractivity contribution >= 4 is 40.2 Å². The van der Waals surface area contributed by atoms with E-state index in [0.717, 1.165) is 44.8 Å². The average Bonchev–Trinajstić information content (AvgIpc) is 3.56. The fraction of sp³-hybridized carbons (Fsp3) is 0.0571. The monoisotopic (exact) mass is 540 g/mol. The Kier molecular flexibility index (Phi) is 5.91. The molecule has 7 rings (SSSR count). The molecule has 0 atom stereocenters. The lowest BCUT2D eigenvalue weighted by molar-refractivity contribution is -0.110. The van der Waals surface area contributed by atoms with Crippen molar-refractivity contribution in [2.75, 3.05) is 10.6 Å². The second-order valence-corrected chi connectivity index (χ2v) is 10.4. The molecule has 2 aliphatic rings. The van der Waals surface area contributed by atoms with Crippen LogP contribution in [0.3, 0.4) is 0 Å². The Hall–Kier alpha value is -4.80. The van der Waals surface area contributed by atoms with E-state index in [9.17, 15) is 4.79 Å². The zero-order chi connectivity index (χ0) is 27.1. The van der Waals surface area contributed by atoms with Crippen LogP contribution in [0.1, 0.15) is 33.4 Å². The van der Waals surface area contributed by atoms with Crippen molar-refractivity contribution in [3.8, 4) is 0 Å². The van der Waals surface area contributed by atoms with Gasteiger partial charge in [0.2, 0.25) is 0 Å². The Bertz CT molecular complexity index is 1670. The van der Waals surface area contributed by atoms with Crippen LogP contribution in [0.4, 0.5) is 11.4 Å². The molecule has 194 valence electrons. The van der Waals surface area contributed by atoms with Crippen LogP contribution >= 0.6 is 11.6 Å². The third kappa shape index (κ3) is 3.96. The number of anilines is 2. The Labute approximate surface area is 237 Å². The maximum Gasteiger partial charge on any atom is 0.260 e. The molecule has 0 fully saturated rings. The van der Waals surface area contributed by atoms with Crippen molar-refractivity contribution in [1.29, 1.82) is 0 Å². The van der Waals surface area contributed by atoms with Gasteiger partial charge in [-0.15, -0.1) is 0 Å². The minimum absolute atomic E-state index is 0.182. The topological polar surface area (TPSA) is 50.4 Å². The summed E-state index contributed by atoms with van der Waals surface area (Å²) in [7, 11) is 0. The number of carbonyl (C=O) groups excluding carboxylic acids is 1. The molecule has 4 nitrogen and oxygen atoms in total. The first kappa shape index (κ1) is 24.3. The van der Waals surface area contributed by atoms with Crippen molar-refractivity contribution < 1.29 is 9.53 Å². The van der Waals surface area contributed by atoms with E-state index in [2.05, 4.69) is 95.6 Å². The first-order valence-electron chi connectivity index (χ1n) is 13.2. The molecule has 0 spiro atoms. The van der Waals surface area contributed by atoms with Gasteiger partial charge < -0.3 is 15.4 Å². The van der Waals surface area contributed by atoms with Gasteiger partial charge in [-0.05, 0) is 53.1 Å².